The van der Waals surface area contributed by atoms with Crippen molar-refractivity contribution in [1.29, 1.82) is 0 Å². The number of alkyl halides is 1. The van der Waals surface area contributed by atoms with E-state index in [2.05, 4.69) is 12.2 Å². The predicted molar refractivity (Wildman–Crippen MR) is 70.4 cm³/mol. The van der Waals surface area contributed by atoms with Gasteiger partial charge in [0.2, 0.25) is 5.91 Å². The third-order valence-electron chi connectivity index (χ3n) is 3.48. The van der Waals surface area contributed by atoms with E-state index in [-0.39, 0.29) is 11.3 Å². The van der Waals surface area contributed by atoms with E-state index in [0.717, 1.165) is 19.3 Å². The molecule has 100 valence electrons. The molecule has 3 nitrogen and oxygen atoms in total. The molecule has 0 aromatic carbocycles. The maximum atomic E-state index is 12.0. The average Bonchev–Trinajstić information content (AvgIpc) is 2.34. The van der Waals surface area contributed by atoms with Crippen molar-refractivity contribution < 1.29 is 9.53 Å². The molecule has 1 N–H and O–H groups in total. The highest BCUT2D eigenvalue weighted by atomic mass is 35.5. The molecule has 0 radical (unpaired) electrons. The third-order valence-corrected chi connectivity index (χ3v) is 3.63. The Labute approximate surface area is 109 Å². The Kier molecular flexibility index (Phi) is 6.90. The molecule has 17 heavy (non-hydrogen) atoms. The van der Waals surface area contributed by atoms with Gasteiger partial charge < -0.3 is 10.1 Å². The monoisotopic (exact) mass is 261 g/mol. The fourth-order valence-electron chi connectivity index (χ4n) is 2.31. The topological polar surface area (TPSA) is 38.3 Å². The summed E-state index contributed by atoms with van der Waals surface area (Å²) in [6.07, 6.45) is 6.56. The minimum atomic E-state index is -0.130. The average molecular weight is 262 g/mol. The molecule has 1 fully saturated rings. The highest BCUT2D eigenvalue weighted by molar-refractivity contribution is 6.17. The summed E-state index contributed by atoms with van der Waals surface area (Å²) < 4.78 is 5.25. The Morgan fingerprint density at radius 2 is 2.00 bits per heavy atom. The third kappa shape index (κ3) is 5.26. The fourth-order valence-corrected chi connectivity index (χ4v) is 2.41. The second-order valence-electron chi connectivity index (χ2n) is 5.03. The van der Waals surface area contributed by atoms with E-state index in [1.807, 2.05) is 0 Å². The summed E-state index contributed by atoms with van der Waals surface area (Å²) in [5.74, 6) is 0.749. The van der Waals surface area contributed by atoms with Crippen LogP contribution in [-0.4, -0.2) is 31.5 Å². The Bertz CT molecular complexity index is 227. The van der Waals surface area contributed by atoms with Crippen molar-refractivity contribution in [3.63, 3.8) is 0 Å². The van der Waals surface area contributed by atoms with Gasteiger partial charge in [-0.3, -0.25) is 4.79 Å². The summed E-state index contributed by atoms with van der Waals surface area (Å²) in [7, 11) is 0. The molecular formula is C13H24ClNO2. The zero-order valence-corrected chi connectivity index (χ0v) is 11.5. The van der Waals surface area contributed by atoms with Gasteiger partial charge in [0.05, 0.1) is 6.61 Å². The number of hydrogen-bond acceptors (Lipinski definition) is 2. The van der Waals surface area contributed by atoms with E-state index in [1.165, 1.54) is 19.3 Å². The van der Waals surface area contributed by atoms with Gasteiger partial charge in [-0.05, 0) is 19.3 Å². The summed E-state index contributed by atoms with van der Waals surface area (Å²) in [5, 5.41) is 3.02. The van der Waals surface area contributed by atoms with E-state index in [1.54, 1.807) is 0 Å². The Morgan fingerprint density at radius 3 is 2.65 bits per heavy atom. The first-order valence-electron chi connectivity index (χ1n) is 6.61. The van der Waals surface area contributed by atoms with Gasteiger partial charge in [-0.15, -0.1) is 11.6 Å². The minimum absolute atomic E-state index is 0.130. The van der Waals surface area contributed by atoms with Gasteiger partial charge in [0.1, 0.15) is 0 Å². The number of ether oxygens (including phenoxy) is 1. The molecule has 0 saturated heterocycles. The molecule has 0 unspecified atom stereocenters. The lowest BCUT2D eigenvalue weighted by Gasteiger charge is -2.32. The van der Waals surface area contributed by atoms with Crippen LogP contribution in [0.15, 0.2) is 0 Å². The van der Waals surface area contributed by atoms with Crippen LogP contribution >= 0.6 is 11.6 Å². The summed E-state index contributed by atoms with van der Waals surface area (Å²) in [4.78, 5) is 12.0. The normalized spacial score (nSPS) is 18.9. The highest BCUT2D eigenvalue weighted by Crippen LogP contribution is 2.35. The van der Waals surface area contributed by atoms with Crippen molar-refractivity contribution in [2.24, 2.45) is 5.41 Å². The Balaban J connectivity index is 2.11. The maximum Gasteiger partial charge on any atom is 0.225 e. The molecule has 0 aliphatic heterocycles. The number of halogens is 1. The first kappa shape index (κ1) is 14.8. The number of rotatable bonds is 7. The lowest BCUT2D eigenvalue weighted by atomic mass is 9.75. The zero-order valence-electron chi connectivity index (χ0n) is 10.8. The van der Waals surface area contributed by atoms with Crippen molar-refractivity contribution in [2.45, 2.75) is 45.4 Å². The Morgan fingerprint density at radius 1 is 1.29 bits per heavy atom. The van der Waals surface area contributed by atoms with Crippen LogP contribution in [0.4, 0.5) is 0 Å². The van der Waals surface area contributed by atoms with Crippen molar-refractivity contribution in [2.75, 3.05) is 25.6 Å². The molecule has 4 heteroatoms. The number of hydrogen-bond donors (Lipinski definition) is 1. The van der Waals surface area contributed by atoms with Crippen LogP contribution in [0.5, 0.6) is 0 Å². The van der Waals surface area contributed by atoms with E-state index in [0.29, 0.717) is 25.6 Å². The minimum Gasteiger partial charge on any atom is -0.380 e. The van der Waals surface area contributed by atoms with Crippen molar-refractivity contribution >= 4 is 17.5 Å². The summed E-state index contributed by atoms with van der Waals surface area (Å²) in [6.45, 7) is 4.05. The van der Waals surface area contributed by atoms with E-state index >= 15 is 0 Å². The number of carbonyl (C=O) groups excluding carboxylic acids is 1. The molecule has 0 atom stereocenters. The SMILES string of the molecule is CC1(C(=O)NCCCOCCCl)CCCCC1. The van der Waals surface area contributed by atoms with Gasteiger partial charge in [-0.25, -0.2) is 0 Å². The second-order valence-corrected chi connectivity index (χ2v) is 5.41. The number of amides is 1. The molecule has 1 aliphatic carbocycles. The summed E-state index contributed by atoms with van der Waals surface area (Å²) >= 11 is 5.49. The van der Waals surface area contributed by atoms with Gasteiger partial charge in [-0.1, -0.05) is 26.2 Å². The molecule has 1 amide bonds. The molecule has 0 aromatic rings. The standard InChI is InChI=1S/C13H24ClNO2/c1-13(6-3-2-4-7-13)12(16)15-9-5-10-17-11-8-14/h2-11H2,1H3,(H,15,16). The van der Waals surface area contributed by atoms with E-state index in [9.17, 15) is 4.79 Å². The van der Waals surface area contributed by atoms with E-state index in [4.69, 9.17) is 16.3 Å². The van der Waals surface area contributed by atoms with Gasteiger partial charge in [0.15, 0.2) is 0 Å². The van der Waals surface area contributed by atoms with Crippen LogP contribution in [0.2, 0.25) is 0 Å². The lowest BCUT2D eigenvalue weighted by Crippen LogP contribution is -2.40. The van der Waals surface area contributed by atoms with E-state index < -0.39 is 0 Å². The lowest BCUT2D eigenvalue weighted by molar-refractivity contribution is -0.131. The summed E-state index contributed by atoms with van der Waals surface area (Å²) in [5.41, 5.74) is -0.130. The molecule has 0 spiro atoms. The predicted octanol–water partition coefficient (Wildman–Crippen LogP) is 2.72. The van der Waals surface area contributed by atoms with Crippen molar-refractivity contribution in [3.8, 4) is 0 Å². The van der Waals surface area contributed by atoms with Gasteiger partial charge in [-0.2, -0.15) is 0 Å². The highest BCUT2D eigenvalue weighted by Gasteiger charge is 2.33. The molecule has 1 saturated carbocycles. The smallest absolute Gasteiger partial charge is 0.225 e. The number of carbonyl (C=O) groups is 1. The largest absolute Gasteiger partial charge is 0.380 e. The first-order valence-corrected chi connectivity index (χ1v) is 7.14. The quantitative estimate of drug-likeness (QED) is 0.565. The van der Waals surface area contributed by atoms with Crippen molar-refractivity contribution in [1.82, 2.24) is 5.32 Å². The second kappa shape index (κ2) is 7.93. The maximum absolute atomic E-state index is 12.0. The summed E-state index contributed by atoms with van der Waals surface area (Å²) in [6, 6.07) is 0. The zero-order chi connectivity index (χ0) is 12.6. The molecule has 0 heterocycles. The Hall–Kier alpha value is -0.280. The number of nitrogens with one attached hydrogen (secondary N) is 1. The van der Waals surface area contributed by atoms with Crippen LogP contribution in [0, 0.1) is 5.41 Å². The van der Waals surface area contributed by atoms with Crippen molar-refractivity contribution in [3.05, 3.63) is 0 Å². The molecular weight excluding hydrogens is 238 g/mol. The molecule has 0 bridgehead atoms. The van der Waals surface area contributed by atoms with Crippen LogP contribution in [0.1, 0.15) is 45.4 Å². The molecule has 1 aliphatic rings. The first-order chi connectivity index (χ1) is 8.19. The van der Waals surface area contributed by atoms with Crippen LogP contribution in [-0.2, 0) is 9.53 Å². The van der Waals surface area contributed by atoms with Crippen LogP contribution in [0.3, 0.4) is 0 Å². The van der Waals surface area contributed by atoms with Crippen LogP contribution < -0.4 is 5.32 Å². The van der Waals surface area contributed by atoms with Gasteiger partial charge >= 0.3 is 0 Å². The molecule has 0 aromatic heterocycles. The van der Waals surface area contributed by atoms with Gasteiger partial charge in [0.25, 0.3) is 0 Å². The fraction of sp³-hybridized carbons (Fsp3) is 0.923. The van der Waals surface area contributed by atoms with Crippen LogP contribution in [0.25, 0.3) is 0 Å². The molecule has 1 rings (SSSR count). The van der Waals surface area contributed by atoms with Gasteiger partial charge in [0, 0.05) is 24.4 Å².